The van der Waals surface area contributed by atoms with Crippen molar-refractivity contribution in [3.05, 3.63) is 23.4 Å². The first-order chi connectivity index (χ1) is 5.65. The van der Waals surface area contributed by atoms with Crippen LogP contribution in [0, 0.1) is 0 Å². The standard InChI is InChI=1S/C8H10N2O2/c1-10-7(11)4-5-2-3-6(9)8(5)12/h2-3H,4H2,1H3,(H2,9,12)(H,10,11). The van der Waals surface area contributed by atoms with Crippen molar-refractivity contribution in [2.45, 2.75) is 6.42 Å². The third-order valence-corrected chi connectivity index (χ3v) is 1.65. The van der Waals surface area contributed by atoms with E-state index in [0.717, 1.165) is 0 Å². The van der Waals surface area contributed by atoms with Crippen LogP contribution in [0.3, 0.4) is 0 Å². The van der Waals surface area contributed by atoms with Crippen molar-refractivity contribution in [3.8, 4) is 0 Å². The SMILES string of the molecule is CNC(=O)CC1=CC=C(N)C1=O. The minimum absolute atomic E-state index is 0.104. The zero-order valence-electron chi connectivity index (χ0n) is 6.76. The van der Waals surface area contributed by atoms with Crippen LogP contribution in [0.2, 0.25) is 0 Å². The van der Waals surface area contributed by atoms with Gasteiger partial charge in [-0.15, -0.1) is 0 Å². The Morgan fingerprint density at radius 2 is 2.25 bits per heavy atom. The first-order valence-corrected chi connectivity index (χ1v) is 3.56. The third-order valence-electron chi connectivity index (χ3n) is 1.65. The summed E-state index contributed by atoms with van der Waals surface area (Å²) in [5.74, 6) is -0.420. The number of allylic oxidation sites excluding steroid dienone is 3. The number of nitrogens with one attached hydrogen (secondary N) is 1. The highest BCUT2D eigenvalue weighted by molar-refractivity contribution is 6.12. The number of rotatable bonds is 2. The van der Waals surface area contributed by atoms with Gasteiger partial charge in [-0.2, -0.15) is 0 Å². The van der Waals surface area contributed by atoms with Crippen LogP contribution in [0.5, 0.6) is 0 Å². The molecule has 0 aromatic carbocycles. The highest BCUT2D eigenvalue weighted by Crippen LogP contribution is 2.13. The van der Waals surface area contributed by atoms with E-state index < -0.39 is 0 Å². The summed E-state index contributed by atoms with van der Waals surface area (Å²) in [5, 5.41) is 2.43. The molecule has 0 saturated carbocycles. The number of carbonyl (C=O) groups excluding carboxylic acids is 2. The Kier molecular flexibility index (Phi) is 2.28. The first kappa shape index (κ1) is 8.52. The summed E-state index contributed by atoms with van der Waals surface area (Å²) in [6.45, 7) is 0. The van der Waals surface area contributed by atoms with Gasteiger partial charge < -0.3 is 11.1 Å². The quantitative estimate of drug-likeness (QED) is 0.579. The van der Waals surface area contributed by atoms with Crippen molar-refractivity contribution in [2.24, 2.45) is 5.73 Å². The van der Waals surface area contributed by atoms with Crippen molar-refractivity contribution in [1.82, 2.24) is 5.32 Å². The van der Waals surface area contributed by atoms with Crippen molar-refractivity contribution in [3.63, 3.8) is 0 Å². The molecule has 4 heteroatoms. The zero-order chi connectivity index (χ0) is 9.14. The Balaban J connectivity index is 2.59. The smallest absolute Gasteiger partial charge is 0.224 e. The zero-order valence-corrected chi connectivity index (χ0v) is 6.76. The number of hydrogen-bond donors (Lipinski definition) is 2. The summed E-state index contributed by atoms with van der Waals surface area (Å²) in [7, 11) is 1.53. The van der Waals surface area contributed by atoms with E-state index in [-0.39, 0.29) is 23.8 Å². The molecule has 1 aliphatic carbocycles. The lowest BCUT2D eigenvalue weighted by Gasteiger charge is -1.99. The van der Waals surface area contributed by atoms with Gasteiger partial charge in [0.2, 0.25) is 11.7 Å². The van der Waals surface area contributed by atoms with Crippen molar-refractivity contribution >= 4 is 11.7 Å². The fraction of sp³-hybridized carbons (Fsp3) is 0.250. The van der Waals surface area contributed by atoms with E-state index in [2.05, 4.69) is 5.32 Å². The highest BCUT2D eigenvalue weighted by atomic mass is 16.2. The molecular formula is C8H10N2O2. The van der Waals surface area contributed by atoms with Crippen LogP contribution in [-0.2, 0) is 9.59 Å². The number of amides is 1. The van der Waals surface area contributed by atoms with Gasteiger partial charge in [-0.05, 0) is 6.08 Å². The summed E-state index contributed by atoms with van der Waals surface area (Å²) in [6.07, 6.45) is 3.19. The van der Waals surface area contributed by atoms with Gasteiger partial charge in [0.15, 0.2) is 0 Å². The van der Waals surface area contributed by atoms with Gasteiger partial charge >= 0.3 is 0 Å². The Labute approximate surface area is 70.1 Å². The predicted molar refractivity (Wildman–Crippen MR) is 44.0 cm³/mol. The number of hydrogen-bond acceptors (Lipinski definition) is 3. The van der Waals surface area contributed by atoms with E-state index in [4.69, 9.17) is 5.73 Å². The van der Waals surface area contributed by atoms with E-state index in [1.807, 2.05) is 0 Å². The van der Waals surface area contributed by atoms with Gasteiger partial charge in [0, 0.05) is 12.6 Å². The van der Waals surface area contributed by atoms with E-state index in [1.165, 1.54) is 13.1 Å². The summed E-state index contributed by atoms with van der Waals surface area (Å²) < 4.78 is 0. The van der Waals surface area contributed by atoms with Crippen LogP contribution < -0.4 is 11.1 Å². The highest BCUT2D eigenvalue weighted by Gasteiger charge is 2.18. The van der Waals surface area contributed by atoms with Gasteiger partial charge in [-0.3, -0.25) is 9.59 Å². The molecule has 0 saturated heterocycles. The maximum atomic E-state index is 11.1. The summed E-state index contributed by atoms with van der Waals surface area (Å²) in [5.41, 5.74) is 5.97. The average molecular weight is 166 g/mol. The van der Waals surface area contributed by atoms with Crippen LogP contribution in [0.1, 0.15) is 6.42 Å². The lowest BCUT2D eigenvalue weighted by Crippen LogP contribution is -2.20. The molecule has 12 heavy (non-hydrogen) atoms. The van der Waals surface area contributed by atoms with Crippen LogP contribution >= 0.6 is 0 Å². The molecule has 3 N–H and O–H groups in total. The summed E-state index contributed by atoms with van der Waals surface area (Å²) in [4.78, 5) is 22.0. The molecule has 0 radical (unpaired) electrons. The van der Waals surface area contributed by atoms with Crippen LogP contribution in [0.25, 0.3) is 0 Å². The second-order valence-electron chi connectivity index (χ2n) is 2.49. The number of carbonyl (C=O) groups is 2. The van der Waals surface area contributed by atoms with E-state index in [0.29, 0.717) is 5.57 Å². The minimum Gasteiger partial charge on any atom is -0.396 e. The summed E-state index contributed by atoms with van der Waals surface area (Å²) in [6, 6.07) is 0. The van der Waals surface area contributed by atoms with Gasteiger partial charge in [0.25, 0.3) is 0 Å². The molecular weight excluding hydrogens is 156 g/mol. The molecule has 0 atom stereocenters. The van der Waals surface area contributed by atoms with E-state index in [9.17, 15) is 9.59 Å². The van der Waals surface area contributed by atoms with Gasteiger partial charge in [-0.1, -0.05) is 6.08 Å². The second-order valence-corrected chi connectivity index (χ2v) is 2.49. The average Bonchev–Trinajstić information content (AvgIpc) is 2.36. The van der Waals surface area contributed by atoms with Crippen molar-refractivity contribution < 1.29 is 9.59 Å². The van der Waals surface area contributed by atoms with Gasteiger partial charge in [-0.25, -0.2) is 0 Å². The molecule has 1 amide bonds. The molecule has 0 heterocycles. The largest absolute Gasteiger partial charge is 0.396 e. The number of nitrogens with two attached hydrogens (primary N) is 1. The van der Waals surface area contributed by atoms with Crippen molar-refractivity contribution in [2.75, 3.05) is 7.05 Å². The normalized spacial score (nSPS) is 15.6. The molecule has 1 rings (SSSR count). The van der Waals surface area contributed by atoms with E-state index in [1.54, 1.807) is 6.08 Å². The molecule has 4 nitrogen and oxygen atoms in total. The lowest BCUT2D eigenvalue weighted by molar-refractivity contribution is -0.121. The molecule has 0 spiro atoms. The fourth-order valence-electron chi connectivity index (χ4n) is 0.928. The number of ketones is 1. The summed E-state index contributed by atoms with van der Waals surface area (Å²) >= 11 is 0. The van der Waals surface area contributed by atoms with Crippen LogP contribution in [-0.4, -0.2) is 18.7 Å². The Hall–Kier alpha value is -1.58. The molecule has 0 aromatic heterocycles. The topological polar surface area (TPSA) is 72.2 Å². The molecule has 0 aromatic rings. The van der Waals surface area contributed by atoms with Gasteiger partial charge in [0.05, 0.1) is 12.1 Å². The van der Waals surface area contributed by atoms with E-state index >= 15 is 0 Å². The number of Topliss-reactive ketones (excluding diaryl/α,β-unsaturated/α-hetero) is 1. The third kappa shape index (κ3) is 1.53. The molecule has 0 aliphatic heterocycles. The predicted octanol–water partition coefficient (Wildman–Crippen LogP) is -0.526. The second kappa shape index (κ2) is 3.21. The Morgan fingerprint density at radius 1 is 1.58 bits per heavy atom. The maximum absolute atomic E-state index is 11.1. The molecule has 0 bridgehead atoms. The Morgan fingerprint density at radius 3 is 2.67 bits per heavy atom. The van der Waals surface area contributed by atoms with Crippen LogP contribution in [0.15, 0.2) is 23.4 Å². The maximum Gasteiger partial charge on any atom is 0.224 e. The Bertz CT molecular complexity index is 289. The van der Waals surface area contributed by atoms with Crippen LogP contribution in [0.4, 0.5) is 0 Å². The molecule has 0 unspecified atom stereocenters. The minimum atomic E-state index is -0.237. The molecule has 0 fully saturated rings. The molecule has 64 valence electrons. The fourth-order valence-corrected chi connectivity index (χ4v) is 0.928. The van der Waals surface area contributed by atoms with Gasteiger partial charge in [0.1, 0.15) is 0 Å². The monoisotopic (exact) mass is 166 g/mol. The molecule has 1 aliphatic rings. The first-order valence-electron chi connectivity index (χ1n) is 3.56. The van der Waals surface area contributed by atoms with Crippen molar-refractivity contribution in [1.29, 1.82) is 0 Å². The lowest BCUT2D eigenvalue weighted by atomic mass is 10.1.